The minimum absolute atomic E-state index is 0.0254. The molecule has 8 heteroatoms. The molecule has 1 saturated carbocycles. The summed E-state index contributed by atoms with van der Waals surface area (Å²) in [5, 5.41) is 4.47. The number of amides is 2. The van der Waals surface area contributed by atoms with E-state index in [1.54, 1.807) is 19.0 Å². The standard InChI is InChI=1S/C35H43N5O3/c1-22-23(2)40(21-30(41)38(5)6)34(36-22)35(3,4)37-33(42)25-16-17-26-28(20-25)39-18-19-43-29-15-11-10-14-27(29)32(39)31(26)24-12-8-7-9-13-24/h10-11,14-17,20,24H,7-9,12-13,18-19,21H2,1-6H3,(H,37,42). The predicted molar refractivity (Wildman–Crippen MR) is 170 cm³/mol. The van der Waals surface area contributed by atoms with E-state index in [1.807, 2.05) is 50.5 Å². The van der Waals surface area contributed by atoms with Gasteiger partial charge in [0.05, 0.1) is 23.5 Å². The van der Waals surface area contributed by atoms with Crippen LogP contribution in [0.3, 0.4) is 0 Å². The number of rotatable bonds is 6. The molecule has 0 unspecified atom stereocenters. The molecule has 6 rings (SSSR count). The summed E-state index contributed by atoms with van der Waals surface area (Å²) in [6.07, 6.45) is 6.17. The lowest BCUT2D eigenvalue weighted by molar-refractivity contribution is -0.129. The highest BCUT2D eigenvalue weighted by Gasteiger charge is 2.33. The molecule has 1 aliphatic heterocycles. The number of nitrogens with zero attached hydrogens (tertiary/aromatic N) is 4. The second-order valence-electron chi connectivity index (χ2n) is 12.9. The SMILES string of the molecule is Cc1nc(C(C)(C)NC(=O)c2ccc3c(C4CCCCC4)c4n(c3c2)CCOc2ccccc2-4)n(CC(=O)N(C)C)c1C. The van der Waals surface area contributed by atoms with Crippen molar-refractivity contribution in [1.82, 2.24) is 24.3 Å². The molecule has 3 heterocycles. The van der Waals surface area contributed by atoms with Crippen molar-refractivity contribution in [1.29, 1.82) is 0 Å². The van der Waals surface area contributed by atoms with E-state index in [1.165, 1.54) is 48.7 Å². The van der Waals surface area contributed by atoms with Crippen LogP contribution in [0.25, 0.3) is 22.2 Å². The van der Waals surface area contributed by atoms with E-state index in [9.17, 15) is 9.59 Å². The van der Waals surface area contributed by atoms with Crippen LogP contribution in [0, 0.1) is 13.8 Å². The third kappa shape index (κ3) is 5.21. The van der Waals surface area contributed by atoms with Gasteiger partial charge in [-0.05, 0) is 76.3 Å². The second-order valence-corrected chi connectivity index (χ2v) is 12.9. The van der Waals surface area contributed by atoms with Crippen LogP contribution < -0.4 is 10.1 Å². The van der Waals surface area contributed by atoms with Crippen LogP contribution in [-0.2, 0) is 23.4 Å². The van der Waals surface area contributed by atoms with Gasteiger partial charge in [0.25, 0.3) is 5.91 Å². The van der Waals surface area contributed by atoms with Crippen LogP contribution in [0.4, 0.5) is 0 Å². The molecule has 2 aromatic heterocycles. The third-order valence-electron chi connectivity index (χ3n) is 9.33. The fraction of sp³-hybridized carbons (Fsp3) is 0.457. The van der Waals surface area contributed by atoms with Crippen molar-refractivity contribution in [2.24, 2.45) is 0 Å². The van der Waals surface area contributed by atoms with Crippen molar-refractivity contribution in [3.05, 3.63) is 70.8 Å². The quantitative estimate of drug-likeness (QED) is 0.289. The summed E-state index contributed by atoms with van der Waals surface area (Å²) < 4.78 is 10.5. The Morgan fingerprint density at radius 2 is 1.81 bits per heavy atom. The zero-order valence-electron chi connectivity index (χ0n) is 26.3. The molecule has 1 fully saturated rings. The molecule has 2 amide bonds. The first kappa shape index (κ1) is 29.0. The van der Waals surface area contributed by atoms with Crippen LogP contribution in [0.1, 0.15) is 85.0 Å². The number of carbonyl (C=O) groups is 2. The molecule has 226 valence electrons. The van der Waals surface area contributed by atoms with Crippen LogP contribution in [0.2, 0.25) is 0 Å². The average Bonchev–Trinajstić information content (AvgIpc) is 3.38. The van der Waals surface area contributed by atoms with Gasteiger partial charge in [-0.2, -0.15) is 0 Å². The van der Waals surface area contributed by atoms with Gasteiger partial charge in [-0.3, -0.25) is 9.59 Å². The van der Waals surface area contributed by atoms with Gasteiger partial charge in [0.2, 0.25) is 5.91 Å². The van der Waals surface area contributed by atoms with Crippen LogP contribution in [-0.4, -0.2) is 51.5 Å². The number of hydrogen-bond donors (Lipinski definition) is 1. The number of aromatic nitrogens is 3. The Labute approximate surface area is 254 Å². The summed E-state index contributed by atoms with van der Waals surface area (Å²) in [4.78, 5) is 32.9. The van der Waals surface area contributed by atoms with Crippen molar-refractivity contribution in [2.45, 2.75) is 84.3 Å². The Kier molecular flexibility index (Phi) is 7.57. The molecule has 1 N–H and O–H groups in total. The van der Waals surface area contributed by atoms with Gasteiger partial charge in [0, 0.05) is 41.8 Å². The molecule has 2 aromatic carbocycles. The normalized spacial score (nSPS) is 15.4. The molecule has 0 bridgehead atoms. The molecule has 0 saturated heterocycles. The summed E-state index contributed by atoms with van der Waals surface area (Å²) in [7, 11) is 3.49. The highest BCUT2D eigenvalue weighted by Crippen LogP contribution is 2.47. The van der Waals surface area contributed by atoms with Gasteiger partial charge >= 0.3 is 0 Å². The summed E-state index contributed by atoms with van der Waals surface area (Å²) in [5.74, 6) is 1.89. The highest BCUT2D eigenvalue weighted by molar-refractivity contribution is 6.01. The van der Waals surface area contributed by atoms with Gasteiger partial charge in [0.15, 0.2) is 0 Å². The number of imidazole rings is 1. The Morgan fingerprint density at radius 1 is 1.07 bits per heavy atom. The topological polar surface area (TPSA) is 81.4 Å². The molecule has 4 aromatic rings. The largest absolute Gasteiger partial charge is 0.491 e. The molecule has 1 aliphatic carbocycles. The zero-order valence-corrected chi connectivity index (χ0v) is 26.3. The number of aryl methyl sites for hydroxylation is 1. The van der Waals surface area contributed by atoms with Gasteiger partial charge in [0.1, 0.15) is 24.7 Å². The summed E-state index contributed by atoms with van der Waals surface area (Å²) in [5.41, 5.74) is 6.41. The van der Waals surface area contributed by atoms with Gasteiger partial charge in [-0.1, -0.05) is 37.5 Å². The van der Waals surface area contributed by atoms with E-state index >= 15 is 0 Å². The van der Waals surface area contributed by atoms with Crippen molar-refractivity contribution in [2.75, 3.05) is 20.7 Å². The summed E-state index contributed by atoms with van der Waals surface area (Å²) >= 11 is 0. The monoisotopic (exact) mass is 581 g/mol. The van der Waals surface area contributed by atoms with Gasteiger partial charge in [-0.25, -0.2) is 4.98 Å². The summed E-state index contributed by atoms with van der Waals surface area (Å²) in [6.45, 7) is 9.26. The van der Waals surface area contributed by atoms with Gasteiger partial charge < -0.3 is 24.1 Å². The lowest BCUT2D eigenvalue weighted by atomic mass is 9.81. The van der Waals surface area contributed by atoms with E-state index in [-0.39, 0.29) is 18.4 Å². The lowest BCUT2D eigenvalue weighted by Gasteiger charge is -2.27. The number of nitrogens with one attached hydrogen (secondary N) is 1. The van der Waals surface area contributed by atoms with Crippen LogP contribution >= 0.6 is 0 Å². The van der Waals surface area contributed by atoms with Crippen molar-refractivity contribution < 1.29 is 14.3 Å². The van der Waals surface area contributed by atoms with E-state index in [0.29, 0.717) is 23.9 Å². The highest BCUT2D eigenvalue weighted by atomic mass is 16.5. The fourth-order valence-electron chi connectivity index (χ4n) is 6.89. The Morgan fingerprint density at radius 3 is 2.56 bits per heavy atom. The molecule has 8 nitrogen and oxygen atoms in total. The molecule has 0 spiro atoms. The first-order chi connectivity index (χ1) is 20.6. The molecule has 43 heavy (non-hydrogen) atoms. The number of ether oxygens (including phenoxy) is 1. The molecule has 2 aliphatic rings. The van der Waals surface area contributed by atoms with Gasteiger partial charge in [-0.15, -0.1) is 0 Å². The molecular formula is C35H43N5O3. The van der Waals surface area contributed by atoms with E-state index in [2.05, 4.69) is 34.1 Å². The van der Waals surface area contributed by atoms with Crippen molar-refractivity contribution in [3.63, 3.8) is 0 Å². The summed E-state index contributed by atoms with van der Waals surface area (Å²) in [6, 6.07) is 14.5. The molecule has 0 radical (unpaired) electrons. The van der Waals surface area contributed by atoms with Crippen molar-refractivity contribution in [3.8, 4) is 17.0 Å². The lowest BCUT2D eigenvalue weighted by Crippen LogP contribution is -2.43. The number of likely N-dealkylation sites (N-methyl/N-ethyl adjacent to an activating group) is 1. The number of fused-ring (bicyclic) bond motifs is 5. The average molecular weight is 582 g/mol. The first-order valence-electron chi connectivity index (χ1n) is 15.5. The third-order valence-corrected chi connectivity index (χ3v) is 9.33. The maximum absolute atomic E-state index is 13.9. The van der Waals surface area contributed by atoms with E-state index in [0.717, 1.165) is 34.8 Å². The van der Waals surface area contributed by atoms with Crippen molar-refractivity contribution >= 4 is 22.7 Å². The smallest absolute Gasteiger partial charge is 0.252 e. The van der Waals surface area contributed by atoms with E-state index < -0.39 is 5.54 Å². The maximum Gasteiger partial charge on any atom is 0.252 e. The first-order valence-corrected chi connectivity index (χ1v) is 15.5. The molecule has 0 atom stereocenters. The van der Waals surface area contributed by atoms with Crippen LogP contribution in [0.15, 0.2) is 42.5 Å². The second kappa shape index (κ2) is 11.2. The fourth-order valence-corrected chi connectivity index (χ4v) is 6.89. The Balaban J connectivity index is 1.40. The Bertz CT molecular complexity index is 1700. The predicted octanol–water partition coefficient (Wildman–Crippen LogP) is 6.32. The Hall–Kier alpha value is -4.07. The van der Waals surface area contributed by atoms with E-state index in [4.69, 9.17) is 9.72 Å². The van der Waals surface area contributed by atoms with Crippen LogP contribution in [0.5, 0.6) is 5.75 Å². The number of carbonyl (C=O) groups excluding carboxylic acids is 2. The minimum atomic E-state index is -0.812. The maximum atomic E-state index is 13.9. The minimum Gasteiger partial charge on any atom is -0.491 e. The number of para-hydroxylation sites is 1. The molecular weight excluding hydrogens is 538 g/mol. The zero-order chi connectivity index (χ0) is 30.5. The number of benzene rings is 2. The number of hydrogen-bond acceptors (Lipinski definition) is 4.